The van der Waals surface area contributed by atoms with E-state index in [9.17, 15) is 0 Å². The van der Waals surface area contributed by atoms with Crippen molar-refractivity contribution >= 4 is 11.3 Å². The molecule has 0 fully saturated rings. The molecule has 1 atom stereocenters. The summed E-state index contributed by atoms with van der Waals surface area (Å²) in [5, 5.41) is 6.73. The highest BCUT2D eigenvalue weighted by molar-refractivity contribution is 7.09. The lowest BCUT2D eigenvalue weighted by atomic mass is 10.2. The van der Waals surface area contributed by atoms with E-state index in [4.69, 9.17) is 0 Å². The normalized spacial score (nSPS) is 12.6. The molecule has 2 aromatic heterocycles. The Bertz CT molecular complexity index is 453. The van der Waals surface area contributed by atoms with Crippen LogP contribution in [-0.2, 0) is 6.42 Å². The molecule has 1 unspecified atom stereocenters. The fourth-order valence-corrected chi connectivity index (χ4v) is 2.37. The van der Waals surface area contributed by atoms with Crippen LogP contribution in [0.3, 0.4) is 0 Å². The first-order valence-corrected chi connectivity index (χ1v) is 6.68. The van der Waals surface area contributed by atoms with Crippen molar-refractivity contribution in [3.63, 3.8) is 0 Å². The third kappa shape index (κ3) is 3.61. The molecule has 2 rings (SSSR count). The third-order valence-electron chi connectivity index (χ3n) is 2.67. The first-order chi connectivity index (χ1) is 8.25. The van der Waals surface area contributed by atoms with Gasteiger partial charge in [0.1, 0.15) is 0 Å². The van der Waals surface area contributed by atoms with Gasteiger partial charge in [0.25, 0.3) is 0 Å². The smallest absolute Gasteiger partial charge is 0.0898 e. The number of hydrogen-bond acceptors (Lipinski definition) is 4. The van der Waals surface area contributed by atoms with Crippen LogP contribution in [-0.4, -0.2) is 16.5 Å². The van der Waals surface area contributed by atoms with Crippen molar-refractivity contribution in [3.05, 3.63) is 46.2 Å². The molecule has 90 valence electrons. The lowest BCUT2D eigenvalue weighted by molar-refractivity contribution is 0.565. The van der Waals surface area contributed by atoms with E-state index in [1.807, 2.05) is 19.2 Å². The molecule has 0 aliphatic heterocycles. The highest BCUT2D eigenvalue weighted by atomic mass is 32.1. The Balaban J connectivity index is 1.79. The van der Waals surface area contributed by atoms with Gasteiger partial charge in [0.2, 0.25) is 0 Å². The van der Waals surface area contributed by atoms with Crippen molar-refractivity contribution in [1.82, 2.24) is 15.3 Å². The molecule has 0 saturated carbocycles. The predicted molar refractivity (Wildman–Crippen MR) is 71.2 cm³/mol. The van der Waals surface area contributed by atoms with E-state index >= 15 is 0 Å². The molecule has 1 N–H and O–H groups in total. The second-order valence-electron chi connectivity index (χ2n) is 4.08. The first-order valence-electron chi connectivity index (χ1n) is 5.80. The quantitative estimate of drug-likeness (QED) is 0.883. The number of aryl methyl sites for hydroxylation is 1. The third-order valence-corrected chi connectivity index (χ3v) is 3.46. The Morgan fingerprint density at radius 2 is 2.35 bits per heavy atom. The molecule has 4 heteroatoms. The van der Waals surface area contributed by atoms with Crippen molar-refractivity contribution < 1.29 is 0 Å². The molecule has 2 heterocycles. The molecule has 0 radical (unpaired) electrons. The highest BCUT2D eigenvalue weighted by Crippen LogP contribution is 2.15. The van der Waals surface area contributed by atoms with Crippen molar-refractivity contribution in [2.24, 2.45) is 0 Å². The van der Waals surface area contributed by atoms with E-state index in [0.29, 0.717) is 6.04 Å². The zero-order valence-corrected chi connectivity index (χ0v) is 11.0. The number of thiazole rings is 1. The largest absolute Gasteiger partial charge is 0.308 e. The van der Waals surface area contributed by atoms with Crippen molar-refractivity contribution in [2.75, 3.05) is 6.54 Å². The van der Waals surface area contributed by atoms with Crippen molar-refractivity contribution in [3.8, 4) is 0 Å². The molecule has 17 heavy (non-hydrogen) atoms. The second kappa shape index (κ2) is 5.89. The minimum Gasteiger partial charge on any atom is -0.308 e. The zero-order valence-electron chi connectivity index (χ0n) is 10.2. The minimum absolute atomic E-state index is 0.316. The van der Waals surface area contributed by atoms with Gasteiger partial charge in [-0.2, -0.15) is 0 Å². The van der Waals surface area contributed by atoms with E-state index in [1.165, 1.54) is 5.56 Å². The van der Waals surface area contributed by atoms with Gasteiger partial charge >= 0.3 is 0 Å². The molecule has 2 aromatic rings. The molecule has 0 spiro atoms. The van der Waals surface area contributed by atoms with Crippen LogP contribution in [0.4, 0.5) is 0 Å². The van der Waals surface area contributed by atoms with Gasteiger partial charge in [-0.3, -0.25) is 4.98 Å². The van der Waals surface area contributed by atoms with Gasteiger partial charge in [-0.1, -0.05) is 6.07 Å². The van der Waals surface area contributed by atoms with Crippen LogP contribution in [0.5, 0.6) is 0 Å². The summed E-state index contributed by atoms with van der Waals surface area (Å²) in [5.41, 5.74) is 2.40. The van der Waals surface area contributed by atoms with E-state index in [0.717, 1.165) is 23.7 Å². The second-order valence-corrected chi connectivity index (χ2v) is 5.14. The summed E-state index contributed by atoms with van der Waals surface area (Å²) in [7, 11) is 0. The van der Waals surface area contributed by atoms with Crippen LogP contribution in [0.15, 0.2) is 29.9 Å². The molecule has 0 bridgehead atoms. The maximum Gasteiger partial charge on any atom is 0.0898 e. The van der Waals surface area contributed by atoms with E-state index in [-0.39, 0.29) is 0 Å². The molecular formula is C13H17N3S. The Hall–Kier alpha value is -1.26. The average Bonchev–Trinajstić information content (AvgIpc) is 2.77. The number of nitrogens with one attached hydrogen (secondary N) is 1. The van der Waals surface area contributed by atoms with Gasteiger partial charge < -0.3 is 5.32 Å². The Labute approximate surface area is 106 Å². The summed E-state index contributed by atoms with van der Waals surface area (Å²) in [6.07, 6.45) is 4.72. The number of rotatable bonds is 5. The molecular weight excluding hydrogens is 230 g/mol. The maximum atomic E-state index is 4.48. The van der Waals surface area contributed by atoms with Gasteiger partial charge in [-0.05, 0) is 38.4 Å². The summed E-state index contributed by atoms with van der Waals surface area (Å²) >= 11 is 1.70. The minimum atomic E-state index is 0.316. The molecule has 0 amide bonds. The van der Waals surface area contributed by atoms with Gasteiger partial charge in [0, 0.05) is 23.8 Å². The Morgan fingerprint density at radius 3 is 3.00 bits per heavy atom. The van der Waals surface area contributed by atoms with Crippen LogP contribution in [0.1, 0.15) is 29.2 Å². The van der Waals surface area contributed by atoms with E-state index in [1.54, 1.807) is 17.5 Å². The van der Waals surface area contributed by atoms with Crippen LogP contribution < -0.4 is 5.32 Å². The van der Waals surface area contributed by atoms with Gasteiger partial charge in [-0.25, -0.2) is 4.98 Å². The maximum absolute atomic E-state index is 4.48. The highest BCUT2D eigenvalue weighted by Gasteiger charge is 2.07. The van der Waals surface area contributed by atoms with Crippen molar-refractivity contribution in [1.29, 1.82) is 0 Å². The topological polar surface area (TPSA) is 37.8 Å². The summed E-state index contributed by atoms with van der Waals surface area (Å²) in [6.45, 7) is 5.14. The predicted octanol–water partition coefficient (Wildman–Crippen LogP) is 2.74. The van der Waals surface area contributed by atoms with Gasteiger partial charge in [-0.15, -0.1) is 11.3 Å². The number of nitrogens with zero attached hydrogens (tertiary/aromatic N) is 2. The van der Waals surface area contributed by atoms with Crippen LogP contribution in [0, 0.1) is 6.92 Å². The Kier molecular flexibility index (Phi) is 4.23. The summed E-state index contributed by atoms with van der Waals surface area (Å²) in [4.78, 5) is 8.59. The number of hydrogen-bond donors (Lipinski definition) is 1. The van der Waals surface area contributed by atoms with Crippen LogP contribution >= 0.6 is 11.3 Å². The number of aromatic nitrogens is 2. The fraction of sp³-hybridized carbons (Fsp3) is 0.385. The molecule has 3 nitrogen and oxygen atoms in total. The van der Waals surface area contributed by atoms with Gasteiger partial charge in [0.15, 0.2) is 0 Å². The first kappa shape index (κ1) is 12.2. The van der Waals surface area contributed by atoms with E-state index in [2.05, 4.69) is 33.7 Å². The summed E-state index contributed by atoms with van der Waals surface area (Å²) in [6, 6.07) is 4.39. The molecule has 0 aliphatic carbocycles. The van der Waals surface area contributed by atoms with Crippen LogP contribution in [0.2, 0.25) is 0 Å². The van der Waals surface area contributed by atoms with E-state index < -0.39 is 0 Å². The monoisotopic (exact) mass is 247 g/mol. The molecule has 0 aromatic carbocycles. The van der Waals surface area contributed by atoms with Gasteiger partial charge in [0.05, 0.1) is 10.7 Å². The fourth-order valence-electron chi connectivity index (χ4n) is 1.66. The van der Waals surface area contributed by atoms with Crippen LogP contribution in [0.25, 0.3) is 0 Å². The number of pyridine rings is 1. The lowest BCUT2D eigenvalue weighted by Crippen LogP contribution is -2.21. The van der Waals surface area contributed by atoms with Crippen molar-refractivity contribution in [2.45, 2.75) is 26.3 Å². The lowest BCUT2D eigenvalue weighted by Gasteiger charge is -2.11. The zero-order chi connectivity index (χ0) is 12.1. The average molecular weight is 247 g/mol. The summed E-state index contributed by atoms with van der Waals surface area (Å²) in [5.74, 6) is 0. The molecule has 0 saturated heterocycles. The summed E-state index contributed by atoms with van der Waals surface area (Å²) < 4.78 is 0. The SMILES string of the molecule is Cc1nc(C(C)NCCc2cccnc2)cs1. The molecule has 0 aliphatic rings. The standard InChI is InChI=1S/C13H17N3S/c1-10(13-9-17-11(2)16-13)15-7-5-12-4-3-6-14-8-12/h3-4,6,8-10,15H,5,7H2,1-2H3. The Morgan fingerprint density at radius 1 is 1.47 bits per heavy atom.